The molecule has 0 amide bonds. The summed E-state index contributed by atoms with van der Waals surface area (Å²) in [6.07, 6.45) is 1.25. The van der Waals surface area contributed by atoms with Gasteiger partial charge in [0.05, 0.1) is 12.7 Å². The van der Waals surface area contributed by atoms with Crippen molar-refractivity contribution < 1.29 is 4.39 Å². The zero-order valence-corrected chi connectivity index (χ0v) is 12.0. The SMILES string of the molecule is CC(C)N(Cc1cccs1)c1ncc(F)cc1CN. The number of nitrogens with zero attached hydrogens (tertiary/aromatic N) is 2. The molecule has 2 rings (SSSR count). The molecule has 0 unspecified atom stereocenters. The van der Waals surface area contributed by atoms with Gasteiger partial charge in [0, 0.05) is 23.0 Å². The lowest BCUT2D eigenvalue weighted by atomic mass is 10.2. The lowest BCUT2D eigenvalue weighted by molar-refractivity contribution is 0.612. The summed E-state index contributed by atoms with van der Waals surface area (Å²) in [7, 11) is 0. The van der Waals surface area contributed by atoms with E-state index in [1.807, 2.05) is 6.07 Å². The number of aromatic nitrogens is 1. The van der Waals surface area contributed by atoms with Gasteiger partial charge in [0.25, 0.3) is 0 Å². The van der Waals surface area contributed by atoms with Gasteiger partial charge in [-0.3, -0.25) is 0 Å². The monoisotopic (exact) mass is 279 g/mol. The van der Waals surface area contributed by atoms with Crippen LogP contribution in [0.5, 0.6) is 0 Å². The Kier molecular flexibility index (Phi) is 4.50. The molecule has 3 nitrogen and oxygen atoms in total. The van der Waals surface area contributed by atoms with Gasteiger partial charge in [-0.2, -0.15) is 0 Å². The maximum atomic E-state index is 13.2. The van der Waals surface area contributed by atoms with E-state index >= 15 is 0 Å². The van der Waals surface area contributed by atoms with Crippen molar-refractivity contribution in [2.75, 3.05) is 4.90 Å². The summed E-state index contributed by atoms with van der Waals surface area (Å²) in [6, 6.07) is 5.85. The molecular formula is C14H18FN3S. The third-order valence-electron chi connectivity index (χ3n) is 2.93. The first-order chi connectivity index (χ1) is 9.11. The van der Waals surface area contributed by atoms with E-state index in [1.165, 1.54) is 17.1 Å². The van der Waals surface area contributed by atoms with Crippen LogP contribution in [0.4, 0.5) is 10.2 Å². The van der Waals surface area contributed by atoms with Gasteiger partial charge < -0.3 is 10.6 Å². The maximum Gasteiger partial charge on any atom is 0.141 e. The Balaban J connectivity index is 2.33. The number of hydrogen-bond acceptors (Lipinski definition) is 4. The molecule has 0 saturated heterocycles. The van der Waals surface area contributed by atoms with Crippen LogP contribution in [0, 0.1) is 5.82 Å². The predicted molar refractivity (Wildman–Crippen MR) is 77.7 cm³/mol. The van der Waals surface area contributed by atoms with Crippen LogP contribution in [0.3, 0.4) is 0 Å². The van der Waals surface area contributed by atoms with Gasteiger partial charge in [-0.25, -0.2) is 9.37 Å². The quantitative estimate of drug-likeness (QED) is 0.914. The molecular weight excluding hydrogens is 261 g/mol. The maximum absolute atomic E-state index is 13.2. The first kappa shape index (κ1) is 14.0. The van der Waals surface area contributed by atoms with E-state index in [0.29, 0.717) is 0 Å². The van der Waals surface area contributed by atoms with E-state index < -0.39 is 0 Å². The minimum absolute atomic E-state index is 0.269. The number of halogens is 1. The van der Waals surface area contributed by atoms with E-state index in [9.17, 15) is 4.39 Å². The lowest BCUT2D eigenvalue weighted by Crippen LogP contribution is -2.32. The highest BCUT2D eigenvalue weighted by molar-refractivity contribution is 7.09. The van der Waals surface area contributed by atoms with Crippen molar-refractivity contribution >= 4 is 17.2 Å². The molecule has 0 aliphatic carbocycles. The van der Waals surface area contributed by atoms with Crippen molar-refractivity contribution in [1.29, 1.82) is 0 Å². The van der Waals surface area contributed by atoms with Crippen LogP contribution < -0.4 is 10.6 Å². The van der Waals surface area contributed by atoms with Gasteiger partial charge in [0.15, 0.2) is 0 Å². The molecule has 2 N–H and O–H groups in total. The Labute approximate surface area is 116 Å². The van der Waals surface area contributed by atoms with E-state index in [4.69, 9.17) is 5.73 Å². The molecule has 2 heterocycles. The third-order valence-corrected chi connectivity index (χ3v) is 3.79. The highest BCUT2D eigenvalue weighted by Crippen LogP contribution is 2.24. The molecule has 0 atom stereocenters. The summed E-state index contributed by atoms with van der Waals surface area (Å²) >= 11 is 1.71. The molecule has 0 radical (unpaired) electrons. The molecule has 0 aliphatic heterocycles. The van der Waals surface area contributed by atoms with Gasteiger partial charge in [-0.15, -0.1) is 11.3 Å². The fourth-order valence-electron chi connectivity index (χ4n) is 1.96. The summed E-state index contributed by atoms with van der Waals surface area (Å²) in [5.41, 5.74) is 6.44. The summed E-state index contributed by atoms with van der Waals surface area (Å²) in [4.78, 5) is 7.63. The van der Waals surface area contributed by atoms with Gasteiger partial charge in [0.2, 0.25) is 0 Å². The number of pyridine rings is 1. The molecule has 0 aliphatic rings. The van der Waals surface area contributed by atoms with Crippen LogP contribution in [-0.2, 0) is 13.1 Å². The van der Waals surface area contributed by atoms with Crippen molar-refractivity contribution in [3.63, 3.8) is 0 Å². The average Bonchev–Trinajstić information content (AvgIpc) is 2.89. The number of rotatable bonds is 5. The Bertz CT molecular complexity index is 525. The number of thiophene rings is 1. The second-order valence-corrected chi connectivity index (χ2v) is 5.67. The molecule has 5 heteroatoms. The largest absolute Gasteiger partial charge is 0.349 e. The fraction of sp³-hybridized carbons (Fsp3) is 0.357. The number of nitrogens with two attached hydrogens (primary N) is 1. The van der Waals surface area contributed by atoms with Crippen LogP contribution in [0.2, 0.25) is 0 Å². The van der Waals surface area contributed by atoms with Crippen LogP contribution in [0.25, 0.3) is 0 Å². The average molecular weight is 279 g/mol. The Morgan fingerprint density at radius 2 is 2.26 bits per heavy atom. The lowest BCUT2D eigenvalue weighted by Gasteiger charge is -2.29. The third kappa shape index (κ3) is 3.30. The standard InChI is InChI=1S/C14H18FN3S/c1-10(2)18(9-13-4-3-5-19-13)14-11(7-16)6-12(15)8-17-14/h3-6,8,10H,7,9,16H2,1-2H3. The highest BCUT2D eigenvalue weighted by atomic mass is 32.1. The van der Waals surface area contributed by atoms with Crippen molar-refractivity contribution in [2.24, 2.45) is 5.73 Å². The van der Waals surface area contributed by atoms with Gasteiger partial charge in [-0.05, 0) is 31.4 Å². The topological polar surface area (TPSA) is 42.2 Å². The van der Waals surface area contributed by atoms with E-state index in [0.717, 1.165) is 17.9 Å². The predicted octanol–water partition coefficient (Wildman–Crippen LogP) is 3.16. The normalized spacial score (nSPS) is 11.0. The van der Waals surface area contributed by atoms with Crippen LogP contribution >= 0.6 is 11.3 Å². The molecule has 0 aromatic carbocycles. The molecule has 19 heavy (non-hydrogen) atoms. The fourth-order valence-corrected chi connectivity index (χ4v) is 2.66. The smallest absolute Gasteiger partial charge is 0.141 e. The molecule has 102 valence electrons. The van der Waals surface area contributed by atoms with Gasteiger partial charge >= 0.3 is 0 Å². The van der Waals surface area contributed by atoms with Crippen molar-refractivity contribution in [2.45, 2.75) is 33.0 Å². The molecule has 2 aromatic heterocycles. The zero-order chi connectivity index (χ0) is 13.8. The van der Waals surface area contributed by atoms with Crippen LogP contribution in [0.1, 0.15) is 24.3 Å². The summed E-state index contributed by atoms with van der Waals surface area (Å²) in [6.45, 7) is 5.24. The Morgan fingerprint density at radius 3 is 2.84 bits per heavy atom. The minimum Gasteiger partial charge on any atom is -0.349 e. The van der Waals surface area contributed by atoms with Gasteiger partial charge in [0.1, 0.15) is 11.6 Å². The first-order valence-electron chi connectivity index (χ1n) is 6.25. The van der Waals surface area contributed by atoms with Gasteiger partial charge in [-0.1, -0.05) is 6.07 Å². The molecule has 0 bridgehead atoms. The van der Waals surface area contributed by atoms with Crippen LogP contribution in [-0.4, -0.2) is 11.0 Å². The summed E-state index contributed by atoms with van der Waals surface area (Å²) in [5.74, 6) is 0.427. The molecule has 0 spiro atoms. The highest BCUT2D eigenvalue weighted by Gasteiger charge is 2.17. The van der Waals surface area contributed by atoms with E-state index in [2.05, 4.69) is 35.2 Å². The van der Waals surface area contributed by atoms with Crippen molar-refractivity contribution in [1.82, 2.24) is 4.98 Å². The summed E-state index contributed by atoms with van der Waals surface area (Å²) in [5, 5.41) is 2.05. The van der Waals surface area contributed by atoms with Crippen molar-refractivity contribution in [3.05, 3.63) is 46.0 Å². The van der Waals surface area contributed by atoms with Crippen LogP contribution in [0.15, 0.2) is 29.8 Å². The van der Waals surface area contributed by atoms with E-state index in [1.54, 1.807) is 11.3 Å². The van der Waals surface area contributed by atoms with Crippen molar-refractivity contribution in [3.8, 4) is 0 Å². The second-order valence-electron chi connectivity index (χ2n) is 4.64. The first-order valence-corrected chi connectivity index (χ1v) is 7.13. The molecule has 0 saturated carbocycles. The van der Waals surface area contributed by atoms with E-state index in [-0.39, 0.29) is 18.4 Å². The molecule has 2 aromatic rings. The Morgan fingerprint density at radius 1 is 1.47 bits per heavy atom. The number of anilines is 1. The minimum atomic E-state index is -0.343. The summed E-state index contributed by atoms with van der Waals surface area (Å²) < 4.78 is 13.2. The molecule has 0 fully saturated rings. The number of hydrogen-bond donors (Lipinski definition) is 1. The Hall–Kier alpha value is -1.46. The second kappa shape index (κ2) is 6.12. The zero-order valence-electron chi connectivity index (χ0n) is 11.1.